The normalized spacial score (nSPS) is 15.3. The van der Waals surface area contributed by atoms with Crippen LogP contribution in [0.1, 0.15) is 42.6 Å². The van der Waals surface area contributed by atoms with Crippen LogP contribution in [0.15, 0.2) is 71.8 Å². The van der Waals surface area contributed by atoms with Crippen molar-refractivity contribution in [2.24, 2.45) is 0 Å². The summed E-state index contributed by atoms with van der Waals surface area (Å²) < 4.78 is 104. The van der Waals surface area contributed by atoms with Gasteiger partial charge in [-0.25, -0.2) is 4.79 Å². The molecule has 1 heterocycles. The van der Waals surface area contributed by atoms with Crippen molar-refractivity contribution in [1.29, 1.82) is 0 Å². The Balaban J connectivity index is 2.07. The average molecular weight is 658 g/mol. The predicted molar refractivity (Wildman–Crippen MR) is 160 cm³/mol. The highest BCUT2D eigenvalue weighted by Crippen LogP contribution is 2.44. The third-order valence-electron chi connectivity index (χ3n) is 6.50. The molecule has 0 aliphatic carbocycles. The lowest BCUT2D eigenvalue weighted by atomic mass is 9.79. The number of para-hydroxylation sites is 1. The molecule has 0 atom stereocenters. The molecule has 2 aromatic carbocycles. The lowest BCUT2D eigenvalue weighted by Gasteiger charge is -2.19. The molecule has 4 N–H and O–H groups in total. The standard InChI is InChI=1S/C27H32N2O11S3/c1-27(2)24(12-6-7-13-28-20-10-4-3-5-11-20)29(14-8-16-41(31,32)33)23-19-21(43(37,38)39)18-22(25(23)27)26(30)40-15-9-17-42(34,35)36/h3-7,10-13,18-19H,8-9,14-17H2,1-2H3,(H3,31,32,33,34,35,36,37,38,39)/p+1. The van der Waals surface area contributed by atoms with Gasteiger partial charge in [-0.05, 0) is 44.5 Å². The molecule has 0 unspecified atom stereocenters. The van der Waals surface area contributed by atoms with Crippen molar-refractivity contribution in [3.8, 4) is 0 Å². The fraction of sp³-hybridized carbons (Fsp3) is 0.333. The minimum atomic E-state index is -4.83. The van der Waals surface area contributed by atoms with Crippen LogP contribution in [0.2, 0.25) is 0 Å². The van der Waals surface area contributed by atoms with Crippen molar-refractivity contribution in [2.45, 2.75) is 37.0 Å². The van der Waals surface area contributed by atoms with Crippen molar-refractivity contribution in [3.63, 3.8) is 0 Å². The predicted octanol–water partition coefficient (Wildman–Crippen LogP) is 3.20. The first-order valence-electron chi connectivity index (χ1n) is 12.9. The highest BCUT2D eigenvalue weighted by molar-refractivity contribution is 7.86. The van der Waals surface area contributed by atoms with Crippen LogP contribution in [-0.2, 0) is 40.5 Å². The molecule has 2 aromatic rings. The minimum absolute atomic E-state index is 0.0142. The van der Waals surface area contributed by atoms with Crippen LogP contribution in [0, 0.1) is 0 Å². The van der Waals surface area contributed by atoms with E-state index >= 15 is 0 Å². The Morgan fingerprint density at radius 1 is 0.930 bits per heavy atom. The molecule has 0 spiro atoms. The van der Waals surface area contributed by atoms with Gasteiger partial charge >= 0.3 is 5.97 Å². The molecule has 0 saturated carbocycles. The highest BCUT2D eigenvalue weighted by Gasteiger charge is 2.48. The smallest absolute Gasteiger partial charge is 0.338 e. The Hall–Kier alpha value is -3.41. The summed E-state index contributed by atoms with van der Waals surface area (Å²) in [5.41, 5.74) is 0.675. The topological polar surface area (TPSA) is 204 Å². The third kappa shape index (κ3) is 9.54. The van der Waals surface area contributed by atoms with E-state index in [0.717, 1.165) is 17.8 Å². The molecular formula is C27H33N2O11S3+. The molecule has 16 heteroatoms. The van der Waals surface area contributed by atoms with Crippen LogP contribution >= 0.6 is 0 Å². The van der Waals surface area contributed by atoms with E-state index in [2.05, 4.69) is 5.32 Å². The van der Waals surface area contributed by atoms with Crippen molar-refractivity contribution in [2.75, 3.05) is 30.0 Å². The first-order chi connectivity index (χ1) is 19.9. The first kappa shape index (κ1) is 34.1. The number of fused-ring (bicyclic) bond motifs is 1. The first-order valence-corrected chi connectivity index (χ1v) is 17.6. The second-order valence-corrected chi connectivity index (χ2v) is 14.7. The van der Waals surface area contributed by atoms with Gasteiger partial charge in [-0.2, -0.15) is 29.8 Å². The summed E-state index contributed by atoms with van der Waals surface area (Å²) in [5.74, 6) is -2.25. The Kier molecular flexibility index (Phi) is 10.7. The Morgan fingerprint density at radius 3 is 2.16 bits per heavy atom. The summed E-state index contributed by atoms with van der Waals surface area (Å²) in [6, 6.07) is 11.4. The molecule has 0 radical (unpaired) electrons. The summed E-state index contributed by atoms with van der Waals surface area (Å²) in [6.45, 7) is 3.09. The van der Waals surface area contributed by atoms with Crippen molar-refractivity contribution in [3.05, 3.63) is 78.0 Å². The van der Waals surface area contributed by atoms with E-state index < -0.39 is 64.7 Å². The zero-order valence-corrected chi connectivity index (χ0v) is 25.8. The van der Waals surface area contributed by atoms with Gasteiger partial charge in [-0.15, -0.1) is 0 Å². The van der Waals surface area contributed by atoms with E-state index in [4.69, 9.17) is 9.29 Å². The van der Waals surface area contributed by atoms with Crippen LogP contribution in [0.25, 0.3) is 0 Å². The molecule has 3 rings (SSSR count). The summed E-state index contributed by atoms with van der Waals surface area (Å²) in [4.78, 5) is 12.6. The van der Waals surface area contributed by atoms with E-state index in [-0.39, 0.29) is 30.6 Å². The largest absolute Gasteiger partial charge is 0.462 e. The maximum Gasteiger partial charge on any atom is 0.338 e. The molecule has 234 valence electrons. The second kappa shape index (κ2) is 13.5. The van der Waals surface area contributed by atoms with Gasteiger partial charge in [0.05, 0.1) is 34.7 Å². The van der Waals surface area contributed by atoms with Crippen molar-refractivity contribution >= 4 is 53.4 Å². The maximum absolute atomic E-state index is 13.2. The number of nitrogens with zero attached hydrogens (tertiary/aromatic N) is 1. The van der Waals surface area contributed by atoms with E-state index in [9.17, 15) is 39.2 Å². The Bertz CT molecular complexity index is 1780. The zero-order chi connectivity index (χ0) is 32.1. The van der Waals surface area contributed by atoms with Gasteiger partial charge in [0.15, 0.2) is 5.71 Å². The van der Waals surface area contributed by atoms with Gasteiger partial charge in [-0.1, -0.05) is 24.3 Å². The number of benzene rings is 2. The fourth-order valence-corrected chi connectivity index (χ4v) is 6.19. The van der Waals surface area contributed by atoms with Gasteiger partial charge in [-0.3, -0.25) is 13.7 Å². The highest BCUT2D eigenvalue weighted by atomic mass is 32.2. The number of ether oxygens (including phenoxy) is 1. The number of anilines is 1. The van der Waals surface area contributed by atoms with Crippen LogP contribution in [-0.4, -0.2) is 79.8 Å². The summed E-state index contributed by atoms with van der Waals surface area (Å²) in [6.07, 6.45) is 6.47. The monoisotopic (exact) mass is 657 g/mol. The average Bonchev–Trinajstić information content (AvgIpc) is 3.10. The summed E-state index contributed by atoms with van der Waals surface area (Å²) in [5, 5.41) is 3.09. The van der Waals surface area contributed by atoms with Gasteiger partial charge in [0.2, 0.25) is 5.69 Å². The lowest BCUT2D eigenvalue weighted by molar-refractivity contribution is -0.437. The quantitative estimate of drug-likeness (QED) is 0.0760. The molecule has 43 heavy (non-hydrogen) atoms. The van der Waals surface area contributed by atoms with Gasteiger partial charge in [0.1, 0.15) is 11.4 Å². The molecule has 1 aliphatic heterocycles. The summed E-state index contributed by atoms with van der Waals surface area (Å²) in [7, 11) is -13.4. The van der Waals surface area contributed by atoms with Crippen molar-refractivity contribution in [1.82, 2.24) is 0 Å². The van der Waals surface area contributed by atoms with E-state index in [1.807, 2.05) is 30.3 Å². The number of carbonyl (C=O) groups is 1. The molecule has 0 bridgehead atoms. The van der Waals surface area contributed by atoms with Crippen LogP contribution in [0.5, 0.6) is 0 Å². The number of allylic oxidation sites excluding steroid dienone is 3. The molecule has 1 aliphatic rings. The lowest BCUT2D eigenvalue weighted by Crippen LogP contribution is -2.29. The molecule has 0 amide bonds. The fourth-order valence-electron chi connectivity index (χ4n) is 4.69. The zero-order valence-electron chi connectivity index (χ0n) is 23.4. The molecular weight excluding hydrogens is 625 g/mol. The van der Waals surface area contributed by atoms with Gasteiger partial charge in [0.25, 0.3) is 30.4 Å². The number of hydrogen-bond donors (Lipinski definition) is 4. The SMILES string of the molecule is CC1(C)C(/C=C/C=C/Nc2ccccc2)=[N+](CCCS(=O)(=O)O)c2cc(S(=O)(=O)O)cc(C(=O)OCCCS(=O)(=O)O)c21. The number of esters is 1. The van der Waals surface area contributed by atoms with Crippen LogP contribution in [0.4, 0.5) is 11.4 Å². The number of nitrogens with one attached hydrogen (secondary N) is 1. The van der Waals surface area contributed by atoms with E-state index in [1.165, 1.54) is 0 Å². The summed E-state index contributed by atoms with van der Waals surface area (Å²) >= 11 is 0. The molecule has 13 nitrogen and oxygen atoms in total. The number of hydrogen-bond acceptors (Lipinski definition) is 9. The minimum Gasteiger partial charge on any atom is -0.462 e. The number of rotatable bonds is 14. The van der Waals surface area contributed by atoms with Crippen LogP contribution < -0.4 is 5.32 Å². The second-order valence-electron chi connectivity index (χ2n) is 10.1. The Morgan fingerprint density at radius 2 is 1.56 bits per heavy atom. The maximum atomic E-state index is 13.2. The van der Waals surface area contributed by atoms with Gasteiger partial charge in [0, 0.05) is 30.5 Å². The third-order valence-corrected chi connectivity index (χ3v) is 8.95. The van der Waals surface area contributed by atoms with E-state index in [1.54, 1.807) is 42.9 Å². The number of carbonyl (C=O) groups excluding carboxylic acids is 1. The molecule has 0 aromatic heterocycles. The van der Waals surface area contributed by atoms with E-state index in [0.29, 0.717) is 11.3 Å². The molecule has 0 fully saturated rings. The molecule has 0 saturated heterocycles. The van der Waals surface area contributed by atoms with Gasteiger partial charge < -0.3 is 10.1 Å². The Labute approximate surface area is 250 Å². The van der Waals surface area contributed by atoms with Crippen LogP contribution in [0.3, 0.4) is 0 Å². The van der Waals surface area contributed by atoms with Crippen molar-refractivity contribution < 1.29 is 53.0 Å².